The molecule has 0 fully saturated rings. The number of carbonyl (C=O) groups excluding carboxylic acids is 1. The summed E-state index contributed by atoms with van der Waals surface area (Å²) in [7, 11) is 1.74. The van der Waals surface area contributed by atoms with Crippen LogP contribution in [0.3, 0.4) is 0 Å². The van der Waals surface area contributed by atoms with Gasteiger partial charge in [-0.25, -0.2) is 4.39 Å². The highest BCUT2D eigenvalue weighted by molar-refractivity contribution is 9.10. The number of likely N-dealkylation sites (N-methyl/N-ethyl adjacent to an activating group) is 1. The molecule has 0 N–H and O–H groups in total. The molecule has 1 unspecified atom stereocenters. The summed E-state index contributed by atoms with van der Waals surface area (Å²) in [5.74, 6) is -0.749. The molecule has 0 saturated carbocycles. The number of nitrogens with zero attached hydrogens (tertiary/aromatic N) is 1. The fourth-order valence-electron chi connectivity index (χ4n) is 2.32. The van der Waals surface area contributed by atoms with Crippen molar-refractivity contribution in [1.29, 1.82) is 0 Å². The van der Waals surface area contributed by atoms with Crippen molar-refractivity contribution in [3.8, 4) is 0 Å². The third-order valence-corrected chi connectivity index (χ3v) is 4.19. The van der Waals surface area contributed by atoms with Gasteiger partial charge in [0.05, 0.1) is 11.6 Å². The molecule has 0 heterocycles. The van der Waals surface area contributed by atoms with Crippen LogP contribution in [0.1, 0.15) is 17.9 Å². The van der Waals surface area contributed by atoms with Crippen molar-refractivity contribution < 1.29 is 9.18 Å². The zero-order valence-corrected chi connectivity index (χ0v) is 13.9. The fourth-order valence-corrected chi connectivity index (χ4v) is 2.87. The van der Waals surface area contributed by atoms with Crippen LogP contribution in [0.15, 0.2) is 65.7 Å². The van der Waals surface area contributed by atoms with Crippen LogP contribution in [0.2, 0.25) is 0 Å². The van der Waals surface area contributed by atoms with Gasteiger partial charge in [0.1, 0.15) is 5.82 Å². The van der Waals surface area contributed by atoms with Crippen LogP contribution < -0.4 is 4.90 Å². The Balaban J connectivity index is 2.32. The summed E-state index contributed by atoms with van der Waals surface area (Å²) in [6.45, 7) is 3.72. The Morgan fingerprint density at radius 3 is 2.50 bits per heavy atom. The van der Waals surface area contributed by atoms with Crippen molar-refractivity contribution in [1.82, 2.24) is 0 Å². The largest absolute Gasteiger partial charge is 0.314 e. The van der Waals surface area contributed by atoms with Gasteiger partial charge in [0.15, 0.2) is 0 Å². The number of allylic oxidation sites excluding steroid dienone is 1. The number of rotatable bonds is 5. The van der Waals surface area contributed by atoms with E-state index >= 15 is 0 Å². The number of hydrogen-bond acceptors (Lipinski definition) is 1. The summed E-state index contributed by atoms with van der Waals surface area (Å²) in [4.78, 5) is 14.4. The first-order valence-corrected chi connectivity index (χ1v) is 7.72. The van der Waals surface area contributed by atoms with Gasteiger partial charge in [0.25, 0.3) is 0 Å². The maximum Gasteiger partial charge on any atom is 0.234 e. The zero-order valence-electron chi connectivity index (χ0n) is 12.3. The molecule has 4 heteroatoms. The summed E-state index contributed by atoms with van der Waals surface area (Å²) in [5.41, 5.74) is 1.58. The van der Waals surface area contributed by atoms with Gasteiger partial charge in [-0.15, -0.1) is 6.58 Å². The minimum absolute atomic E-state index is 0.0570. The number of para-hydroxylation sites is 1. The van der Waals surface area contributed by atoms with Gasteiger partial charge < -0.3 is 4.90 Å². The second-order valence-corrected chi connectivity index (χ2v) is 5.83. The van der Waals surface area contributed by atoms with Gasteiger partial charge in [-0.2, -0.15) is 0 Å². The van der Waals surface area contributed by atoms with E-state index in [9.17, 15) is 9.18 Å². The number of carbonyl (C=O) groups is 1. The van der Waals surface area contributed by atoms with Gasteiger partial charge in [0.2, 0.25) is 5.91 Å². The molecule has 114 valence electrons. The van der Waals surface area contributed by atoms with Gasteiger partial charge in [-0.1, -0.05) is 30.3 Å². The lowest BCUT2D eigenvalue weighted by atomic mass is 9.94. The molecule has 0 aliphatic heterocycles. The predicted octanol–water partition coefficient (Wildman–Crippen LogP) is 4.91. The van der Waals surface area contributed by atoms with E-state index in [1.165, 1.54) is 12.1 Å². The van der Waals surface area contributed by atoms with Crippen LogP contribution >= 0.6 is 15.9 Å². The number of anilines is 1. The number of benzene rings is 2. The highest BCUT2D eigenvalue weighted by atomic mass is 79.9. The molecule has 0 bridgehead atoms. The summed E-state index contributed by atoms with van der Waals surface area (Å²) < 4.78 is 13.9. The Hall–Kier alpha value is -1.94. The lowest BCUT2D eigenvalue weighted by molar-refractivity contribution is -0.119. The van der Waals surface area contributed by atoms with Crippen LogP contribution in [0, 0.1) is 5.82 Å². The van der Waals surface area contributed by atoms with Crippen molar-refractivity contribution in [2.75, 3.05) is 11.9 Å². The minimum atomic E-state index is -0.379. The molecule has 0 spiro atoms. The van der Waals surface area contributed by atoms with Gasteiger partial charge in [0, 0.05) is 11.5 Å². The van der Waals surface area contributed by atoms with Crippen LogP contribution in [-0.2, 0) is 4.79 Å². The van der Waals surface area contributed by atoms with Crippen LogP contribution in [-0.4, -0.2) is 13.0 Å². The highest BCUT2D eigenvalue weighted by Crippen LogP contribution is 2.29. The molecule has 0 aliphatic rings. The maximum absolute atomic E-state index is 13.1. The molecule has 1 amide bonds. The van der Waals surface area contributed by atoms with Crippen LogP contribution in [0.25, 0.3) is 0 Å². The molecule has 1 atom stereocenters. The smallest absolute Gasteiger partial charge is 0.234 e. The highest BCUT2D eigenvalue weighted by Gasteiger charge is 2.24. The van der Waals surface area contributed by atoms with E-state index < -0.39 is 0 Å². The lowest BCUT2D eigenvalue weighted by Gasteiger charge is -2.24. The third-order valence-electron chi connectivity index (χ3n) is 3.52. The molecule has 2 aromatic rings. The van der Waals surface area contributed by atoms with Crippen LogP contribution in [0.5, 0.6) is 0 Å². The third kappa shape index (κ3) is 3.63. The Kier molecular flexibility index (Phi) is 5.50. The Morgan fingerprint density at radius 2 is 1.91 bits per heavy atom. The van der Waals surface area contributed by atoms with Crippen molar-refractivity contribution in [3.63, 3.8) is 0 Å². The van der Waals surface area contributed by atoms with Crippen molar-refractivity contribution in [2.24, 2.45) is 0 Å². The topological polar surface area (TPSA) is 20.3 Å². The van der Waals surface area contributed by atoms with E-state index in [0.29, 0.717) is 6.42 Å². The first kappa shape index (κ1) is 16.4. The second kappa shape index (κ2) is 7.36. The van der Waals surface area contributed by atoms with Gasteiger partial charge in [-0.3, -0.25) is 4.79 Å². The number of amides is 1. The molecule has 2 nitrogen and oxygen atoms in total. The predicted molar refractivity (Wildman–Crippen MR) is 91.5 cm³/mol. The molecular weight excluding hydrogens is 345 g/mol. The van der Waals surface area contributed by atoms with E-state index in [1.54, 1.807) is 30.2 Å². The average molecular weight is 362 g/mol. The Morgan fingerprint density at radius 1 is 1.27 bits per heavy atom. The molecular formula is C18H17BrFNO. The average Bonchev–Trinajstić information content (AvgIpc) is 2.53. The first-order valence-electron chi connectivity index (χ1n) is 6.93. The van der Waals surface area contributed by atoms with E-state index in [0.717, 1.165) is 15.7 Å². The number of hydrogen-bond donors (Lipinski definition) is 0. The lowest BCUT2D eigenvalue weighted by Crippen LogP contribution is -2.31. The maximum atomic E-state index is 13.1. The van der Waals surface area contributed by atoms with E-state index in [-0.39, 0.29) is 17.6 Å². The quantitative estimate of drug-likeness (QED) is 0.692. The van der Waals surface area contributed by atoms with Gasteiger partial charge >= 0.3 is 0 Å². The summed E-state index contributed by atoms with van der Waals surface area (Å²) in [5, 5.41) is 0. The summed E-state index contributed by atoms with van der Waals surface area (Å²) >= 11 is 3.46. The second-order valence-electron chi connectivity index (χ2n) is 4.98. The van der Waals surface area contributed by atoms with Crippen molar-refractivity contribution in [2.45, 2.75) is 12.3 Å². The first-order chi connectivity index (χ1) is 10.5. The zero-order chi connectivity index (χ0) is 16.1. The van der Waals surface area contributed by atoms with Crippen molar-refractivity contribution in [3.05, 3.63) is 77.0 Å². The fraction of sp³-hybridized carbons (Fsp3) is 0.167. The molecule has 0 saturated heterocycles. The molecule has 0 radical (unpaired) electrons. The van der Waals surface area contributed by atoms with E-state index in [4.69, 9.17) is 0 Å². The molecule has 2 aromatic carbocycles. The van der Waals surface area contributed by atoms with Crippen molar-refractivity contribution >= 4 is 27.5 Å². The van der Waals surface area contributed by atoms with Crippen LogP contribution in [0.4, 0.5) is 10.1 Å². The summed E-state index contributed by atoms with van der Waals surface area (Å²) in [6, 6.07) is 13.6. The summed E-state index contributed by atoms with van der Waals surface area (Å²) in [6.07, 6.45) is 2.21. The number of halogens is 2. The normalized spacial score (nSPS) is 11.8. The minimum Gasteiger partial charge on any atom is -0.314 e. The Bertz CT molecular complexity index is 669. The SMILES string of the molecule is C=CCC(C(=O)N(C)c1ccccc1Br)c1ccc(F)cc1. The molecule has 2 rings (SSSR count). The molecule has 0 aliphatic carbocycles. The van der Waals surface area contributed by atoms with E-state index in [2.05, 4.69) is 22.5 Å². The monoisotopic (exact) mass is 361 g/mol. The molecule has 22 heavy (non-hydrogen) atoms. The van der Waals surface area contributed by atoms with Gasteiger partial charge in [-0.05, 0) is 52.2 Å². The van der Waals surface area contributed by atoms with E-state index in [1.807, 2.05) is 24.3 Å². The Labute approximate surface area is 138 Å². The molecule has 0 aromatic heterocycles. The standard InChI is InChI=1S/C18H17BrFNO/c1-3-6-15(13-9-11-14(20)12-10-13)18(22)21(2)17-8-5-4-7-16(17)19/h3-5,7-12,15H,1,6H2,2H3.